The molecule has 0 atom stereocenters. The summed E-state index contributed by atoms with van der Waals surface area (Å²) in [5.74, 6) is 0.544. The fourth-order valence-electron chi connectivity index (χ4n) is 1.02. The Balaban J connectivity index is 3.02. The Hall–Kier alpha value is -1.30. The summed E-state index contributed by atoms with van der Waals surface area (Å²) in [4.78, 5) is 5.62. The molecule has 0 N–H and O–H groups in total. The highest BCUT2D eigenvalue weighted by atomic mass is 79.9. The van der Waals surface area contributed by atoms with Crippen molar-refractivity contribution in [2.75, 3.05) is 18.0 Å². The van der Waals surface area contributed by atoms with E-state index in [4.69, 9.17) is 22.1 Å². The lowest BCUT2D eigenvalue weighted by atomic mass is 10.4. The summed E-state index contributed by atoms with van der Waals surface area (Å²) in [5.41, 5.74) is 0. The van der Waals surface area contributed by atoms with Crippen LogP contribution in [0.15, 0.2) is 16.7 Å². The summed E-state index contributed by atoms with van der Waals surface area (Å²) in [5, 5.41) is 17.7. The van der Waals surface area contributed by atoms with Crippen molar-refractivity contribution >= 4 is 33.3 Å². The predicted molar refractivity (Wildman–Crippen MR) is 60.4 cm³/mol. The number of nitriles is 2. The molecule has 0 aliphatic carbocycles. The van der Waals surface area contributed by atoms with Gasteiger partial charge in [-0.25, -0.2) is 4.98 Å². The molecule has 1 rings (SSSR count). The van der Waals surface area contributed by atoms with E-state index in [1.54, 1.807) is 11.0 Å². The first kappa shape index (κ1) is 11.8. The van der Waals surface area contributed by atoms with E-state index in [2.05, 4.69) is 20.9 Å². The summed E-state index contributed by atoms with van der Waals surface area (Å²) in [7, 11) is 0. The van der Waals surface area contributed by atoms with Crippen LogP contribution in [0.3, 0.4) is 0 Å². The van der Waals surface area contributed by atoms with Gasteiger partial charge in [0.1, 0.15) is 18.9 Å². The van der Waals surface area contributed by atoms with Gasteiger partial charge in [-0.2, -0.15) is 10.5 Å². The lowest BCUT2D eigenvalue weighted by Gasteiger charge is -2.17. The molecule has 0 aliphatic heterocycles. The zero-order valence-corrected chi connectivity index (χ0v) is 9.96. The van der Waals surface area contributed by atoms with Crippen molar-refractivity contribution in [1.29, 1.82) is 10.5 Å². The molecule has 0 unspecified atom stereocenters. The molecule has 0 aliphatic rings. The number of anilines is 1. The Kier molecular flexibility index (Phi) is 4.36. The minimum atomic E-state index is 0.112. The van der Waals surface area contributed by atoms with Crippen molar-refractivity contribution in [3.05, 3.63) is 21.8 Å². The lowest BCUT2D eigenvalue weighted by Crippen LogP contribution is -2.25. The number of hydrogen-bond donors (Lipinski definition) is 0. The van der Waals surface area contributed by atoms with E-state index in [9.17, 15) is 0 Å². The zero-order valence-electron chi connectivity index (χ0n) is 7.61. The van der Waals surface area contributed by atoms with Gasteiger partial charge in [0.25, 0.3) is 0 Å². The molecule has 0 saturated heterocycles. The minimum absolute atomic E-state index is 0.112. The van der Waals surface area contributed by atoms with Gasteiger partial charge < -0.3 is 4.90 Å². The van der Waals surface area contributed by atoms with Crippen LogP contribution >= 0.6 is 27.5 Å². The van der Waals surface area contributed by atoms with Crippen LogP contribution < -0.4 is 4.90 Å². The molecule has 6 heteroatoms. The van der Waals surface area contributed by atoms with Gasteiger partial charge in [0.05, 0.1) is 21.6 Å². The van der Waals surface area contributed by atoms with Crippen LogP contribution in [-0.2, 0) is 0 Å². The van der Waals surface area contributed by atoms with Crippen LogP contribution in [0.25, 0.3) is 0 Å². The predicted octanol–water partition coefficient (Wildman–Crippen LogP) is 2.35. The van der Waals surface area contributed by atoms with Gasteiger partial charge in [-0.3, -0.25) is 0 Å². The van der Waals surface area contributed by atoms with Crippen LogP contribution in [-0.4, -0.2) is 18.1 Å². The fourth-order valence-corrected chi connectivity index (χ4v) is 1.91. The maximum Gasteiger partial charge on any atom is 0.144 e. The Bertz CT molecular complexity index is 419. The maximum atomic E-state index is 8.60. The third-order valence-corrected chi connectivity index (χ3v) is 2.40. The first-order valence-electron chi connectivity index (χ1n) is 3.99. The molecule has 15 heavy (non-hydrogen) atoms. The number of halogens is 2. The van der Waals surface area contributed by atoms with E-state index >= 15 is 0 Å². The van der Waals surface area contributed by atoms with Crippen LogP contribution in [0.5, 0.6) is 0 Å². The highest BCUT2D eigenvalue weighted by Crippen LogP contribution is 2.25. The third-order valence-electron chi connectivity index (χ3n) is 1.61. The van der Waals surface area contributed by atoms with E-state index in [0.717, 1.165) is 0 Å². The van der Waals surface area contributed by atoms with E-state index in [1.165, 1.54) is 6.20 Å². The molecule has 0 fully saturated rings. The van der Waals surface area contributed by atoms with Crippen molar-refractivity contribution in [1.82, 2.24) is 4.98 Å². The number of aromatic nitrogens is 1. The molecular formula is C9H6BrClN4. The first-order chi connectivity index (χ1) is 7.19. The van der Waals surface area contributed by atoms with Crippen LogP contribution in [0, 0.1) is 22.7 Å². The van der Waals surface area contributed by atoms with Crippen molar-refractivity contribution < 1.29 is 0 Å². The molecule has 0 spiro atoms. The standard InChI is InChI=1S/C9H6BrClN4/c10-8-5-7(11)6-14-9(8)15(3-1-12)4-2-13/h5-6H,3-4H2. The van der Waals surface area contributed by atoms with Gasteiger partial charge >= 0.3 is 0 Å². The quantitative estimate of drug-likeness (QED) is 0.800. The number of pyridine rings is 1. The average molecular weight is 286 g/mol. The number of nitrogens with zero attached hydrogens (tertiary/aromatic N) is 4. The molecule has 1 heterocycles. The maximum absolute atomic E-state index is 8.60. The second-order valence-electron chi connectivity index (χ2n) is 2.63. The molecule has 1 aromatic heterocycles. The Morgan fingerprint density at radius 1 is 1.40 bits per heavy atom. The van der Waals surface area contributed by atoms with Gasteiger partial charge in [-0.05, 0) is 22.0 Å². The molecule has 0 radical (unpaired) electrons. The van der Waals surface area contributed by atoms with E-state index in [1.807, 2.05) is 12.1 Å². The van der Waals surface area contributed by atoms with Gasteiger partial charge in [-0.15, -0.1) is 0 Å². The van der Waals surface area contributed by atoms with Crippen LogP contribution in [0.1, 0.15) is 0 Å². The molecule has 0 saturated carbocycles. The van der Waals surface area contributed by atoms with Crippen molar-refractivity contribution in [2.24, 2.45) is 0 Å². The molecular weight excluding hydrogens is 279 g/mol. The molecule has 0 aromatic carbocycles. The first-order valence-corrected chi connectivity index (χ1v) is 5.16. The molecule has 0 amide bonds. The van der Waals surface area contributed by atoms with Crippen molar-refractivity contribution in [2.45, 2.75) is 0 Å². The SMILES string of the molecule is N#CCN(CC#N)c1ncc(Cl)cc1Br. The topological polar surface area (TPSA) is 63.7 Å². The van der Waals surface area contributed by atoms with Crippen LogP contribution in [0.2, 0.25) is 5.02 Å². The largest absolute Gasteiger partial charge is 0.329 e. The Labute approximate surface area is 101 Å². The number of hydrogen-bond acceptors (Lipinski definition) is 4. The average Bonchev–Trinajstić information content (AvgIpc) is 2.17. The highest BCUT2D eigenvalue weighted by molar-refractivity contribution is 9.10. The smallest absolute Gasteiger partial charge is 0.144 e. The second-order valence-corrected chi connectivity index (χ2v) is 3.92. The monoisotopic (exact) mass is 284 g/mol. The van der Waals surface area contributed by atoms with Gasteiger partial charge in [0.2, 0.25) is 0 Å². The van der Waals surface area contributed by atoms with Crippen molar-refractivity contribution in [3.8, 4) is 12.1 Å². The summed E-state index contributed by atoms with van der Waals surface area (Å²) >= 11 is 9.02. The van der Waals surface area contributed by atoms with Crippen LogP contribution in [0.4, 0.5) is 5.82 Å². The highest BCUT2D eigenvalue weighted by Gasteiger charge is 2.11. The van der Waals surface area contributed by atoms with E-state index in [-0.39, 0.29) is 13.1 Å². The van der Waals surface area contributed by atoms with Gasteiger partial charge in [0.15, 0.2) is 0 Å². The zero-order chi connectivity index (χ0) is 11.3. The third kappa shape index (κ3) is 3.09. The summed E-state index contributed by atoms with van der Waals surface area (Å²) < 4.78 is 0.667. The molecule has 0 bridgehead atoms. The van der Waals surface area contributed by atoms with E-state index < -0.39 is 0 Å². The fraction of sp³-hybridized carbons (Fsp3) is 0.222. The Morgan fingerprint density at radius 3 is 2.47 bits per heavy atom. The summed E-state index contributed by atoms with van der Waals surface area (Å²) in [6.07, 6.45) is 1.48. The summed E-state index contributed by atoms with van der Waals surface area (Å²) in [6, 6.07) is 5.62. The van der Waals surface area contributed by atoms with E-state index in [0.29, 0.717) is 15.3 Å². The Morgan fingerprint density at radius 2 is 2.00 bits per heavy atom. The minimum Gasteiger partial charge on any atom is -0.329 e. The van der Waals surface area contributed by atoms with Crippen molar-refractivity contribution in [3.63, 3.8) is 0 Å². The molecule has 4 nitrogen and oxygen atoms in total. The normalized spacial score (nSPS) is 9.07. The summed E-state index contributed by atoms with van der Waals surface area (Å²) in [6.45, 7) is 0.224. The second kappa shape index (κ2) is 5.55. The lowest BCUT2D eigenvalue weighted by molar-refractivity contribution is 0.931. The molecule has 76 valence electrons. The van der Waals surface area contributed by atoms with Gasteiger partial charge in [0, 0.05) is 6.20 Å². The van der Waals surface area contributed by atoms with Gasteiger partial charge in [-0.1, -0.05) is 11.6 Å². The molecule has 1 aromatic rings. The number of rotatable bonds is 3.